The monoisotopic (exact) mass is 263 g/mol. The van der Waals surface area contributed by atoms with Crippen molar-refractivity contribution in [2.75, 3.05) is 5.73 Å². The van der Waals surface area contributed by atoms with Gasteiger partial charge in [0, 0.05) is 6.20 Å². The fourth-order valence-electron chi connectivity index (χ4n) is 0.812. The number of nitrogen functional groups attached to an aromatic ring is 1. The van der Waals surface area contributed by atoms with Gasteiger partial charge in [0.1, 0.15) is 5.82 Å². The van der Waals surface area contributed by atoms with Crippen LogP contribution in [0.5, 0.6) is 0 Å². The second-order valence-corrected chi connectivity index (χ2v) is 4.27. The zero-order chi connectivity index (χ0) is 8.43. The van der Waals surface area contributed by atoms with Gasteiger partial charge in [0.25, 0.3) is 0 Å². The van der Waals surface area contributed by atoms with Gasteiger partial charge in [-0.1, -0.05) is 22.6 Å². The molecule has 1 heterocycles. The third kappa shape index (κ3) is 2.02. The second kappa shape index (κ2) is 3.34. The van der Waals surface area contributed by atoms with Crippen LogP contribution in [0.2, 0.25) is 0 Å². The van der Waals surface area contributed by atoms with Crippen molar-refractivity contribution >= 4 is 28.4 Å². The summed E-state index contributed by atoms with van der Waals surface area (Å²) in [6.45, 7) is 3.92. The molecule has 0 amide bonds. The lowest BCUT2D eigenvalue weighted by molar-refractivity contribution is 0.991. The van der Waals surface area contributed by atoms with E-state index in [4.69, 9.17) is 5.73 Å². The summed E-state index contributed by atoms with van der Waals surface area (Å²) in [5.74, 6) is 0.548. The number of halogens is 1. The third-order valence-electron chi connectivity index (χ3n) is 1.33. The van der Waals surface area contributed by atoms with Crippen molar-refractivity contribution in [1.82, 2.24) is 9.97 Å². The van der Waals surface area contributed by atoms with Gasteiger partial charge in [0.2, 0.25) is 0 Å². The largest absolute Gasteiger partial charge is 0.382 e. The summed E-state index contributed by atoms with van der Waals surface area (Å²) in [5.41, 5.74) is 7.38. The number of aromatic nitrogens is 2. The molecule has 0 saturated heterocycles. The maximum absolute atomic E-state index is 5.64. The van der Waals surface area contributed by atoms with Crippen molar-refractivity contribution < 1.29 is 0 Å². The highest BCUT2D eigenvalue weighted by Gasteiger charge is 2.07. The van der Waals surface area contributed by atoms with Crippen LogP contribution in [0.1, 0.15) is 22.2 Å². The first-order chi connectivity index (χ1) is 5.11. The molecule has 60 valence electrons. The average Bonchev–Trinajstić information content (AvgIpc) is 1.85. The zero-order valence-electron chi connectivity index (χ0n) is 6.50. The number of anilines is 1. The van der Waals surface area contributed by atoms with E-state index >= 15 is 0 Å². The molecule has 4 heteroatoms. The number of nitrogens with zero attached hydrogens (tertiary/aromatic N) is 2. The average molecular weight is 263 g/mol. The molecule has 11 heavy (non-hydrogen) atoms. The van der Waals surface area contributed by atoms with Gasteiger partial charge in [-0.2, -0.15) is 0 Å². The molecule has 0 spiro atoms. The van der Waals surface area contributed by atoms with Crippen LogP contribution in [0.3, 0.4) is 0 Å². The van der Waals surface area contributed by atoms with E-state index in [1.807, 2.05) is 13.8 Å². The van der Waals surface area contributed by atoms with Crippen LogP contribution in [-0.4, -0.2) is 9.97 Å². The molecule has 0 fully saturated rings. The number of alkyl halides is 1. The van der Waals surface area contributed by atoms with E-state index in [-0.39, 0.29) is 0 Å². The molecule has 0 saturated carbocycles. The minimum absolute atomic E-state index is 0.320. The molecule has 1 rings (SSSR count). The standard InChI is InChI=1S/C7H10IN3/c1-4-3-10-6(5(2)8)7(9)11-4/h3,5H,1-2H3,(H2,9,11). The van der Waals surface area contributed by atoms with Gasteiger partial charge < -0.3 is 5.73 Å². The Morgan fingerprint density at radius 2 is 2.27 bits per heavy atom. The van der Waals surface area contributed by atoms with Gasteiger partial charge in [0.15, 0.2) is 0 Å². The number of rotatable bonds is 1. The van der Waals surface area contributed by atoms with Crippen molar-refractivity contribution in [2.45, 2.75) is 17.8 Å². The Labute approximate surface area is 79.6 Å². The molecule has 3 nitrogen and oxygen atoms in total. The lowest BCUT2D eigenvalue weighted by Crippen LogP contribution is -2.02. The molecule has 0 aliphatic carbocycles. The van der Waals surface area contributed by atoms with E-state index in [1.54, 1.807) is 6.20 Å². The molecular formula is C7H10IN3. The van der Waals surface area contributed by atoms with Crippen LogP contribution in [0.4, 0.5) is 5.82 Å². The Kier molecular flexibility index (Phi) is 2.64. The van der Waals surface area contributed by atoms with Crippen LogP contribution >= 0.6 is 22.6 Å². The molecule has 0 aliphatic heterocycles. The first-order valence-corrected chi connectivity index (χ1v) is 4.59. The minimum Gasteiger partial charge on any atom is -0.382 e. The zero-order valence-corrected chi connectivity index (χ0v) is 8.66. The van der Waals surface area contributed by atoms with E-state index in [9.17, 15) is 0 Å². The first-order valence-electron chi connectivity index (χ1n) is 3.34. The van der Waals surface area contributed by atoms with Crippen LogP contribution in [0.25, 0.3) is 0 Å². The molecule has 0 bridgehead atoms. The smallest absolute Gasteiger partial charge is 0.146 e. The summed E-state index contributed by atoms with van der Waals surface area (Å²) in [6.07, 6.45) is 1.74. The number of hydrogen-bond donors (Lipinski definition) is 1. The van der Waals surface area contributed by atoms with Gasteiger partial charge in [-0.05, 0) is 13.8 Å². The summed E-state index contributed by atoms with van der Waals surface area (Å²) in [7, 11) is 0. The Morgan fingerprint density at radius 3 is 2.73 bits per heavy atom. The molecule has 1 aromatic rings. The van der Waals surface area contributed by atoms with Crippen molar-refractivity contribution in [1.29, 1.82) is 0 Å². The predicted octanol–water partition coefficient (Wildman–Crippen LogP) is 1.86. The van der Waals surface area contributed by atoms with Crippen LogP contribution in [0, 0.1) is 6.92 Å². The third-order valence-corrected chi connectivity index (χ3v) is 1.92. The van der Waals surface area contributed by atoms with Crippen molar-refractivity contribution in [3.63, 3.8) is 0 Å². The van der Waals surface area contributed by atoms with Crippen LogP contribution in [0.15, 0.2) is 6.20 Å². The first kappa shape index (κ1) is 8.70. The molecule has 1 atom stereocenters. The Hall–Kier alpha value is -0.390. The molecule has 0 aliphatic rings. The molecular weight excluding hydrogens is 253 g/mol. The van der Waals surface area contributed by atoms with E-state index < -0.39 is 0 Å². The fourth-order valence-corrected chi connectivity index (χ4v) is 1.29. The van der Waals surface area contributed by atoms with Gasteiger partial charge in [-0.25, -0.2) is 4.98 Å². The highest BCUT2D eigenvalue weighted by Crippen LogP contribution is 2.23. The van der Waals surface area contributed by atoms with Gasteiger partial charge in [-0.3, -0.25) is 4.98 Å². The molecule has 2 N–H and O–H groups in total. The van der Waals surface area contributed by atoms with Crippen LogP contribution < -0.4 is 5.73 Å². The second-order valence-electron chi connectivity index (χ2n) is 2.40. The summed E-state index contributed by atoms with van der Waals surface area (Å²) in [5, 5.41) is 0. The highest BCUT2D eigenvalue weighted by molar-refractivity contribution is 14.1. The topological polar surface area (TPSA) is 51.8 Å². The van der Waals surface area contributed by atoms with E-state index in [1.165, 1.54) is 0 Å². The molecule has 0 radical (unpaired) electrons. The Morgan fingerprint density at radius 1 is 1.64 bits per heavy atom. The lowest BCUT2D eigenvalue weighted by atomic mass is 10.3. The highest BCUT2D eigenvalue weighted by atomic mass is 127. The number of aryl methyl sites for hydroxylation is 1. The maximum Gasteiger partial charge on any atom is 0.146 e. The van der Waals surface area contributed by atoms with E-state index in [0.717, 1.165) is 11.4 Å². The molecule has 1 unspecified atom stereocenters. The van der Waals surface area contributed by atoms with Crippen LogP contribution in [-0.2, 0) is 0 Å². The maximum atomic E-state index is 5.64. The summed E-state index contributed by atoms with van der Waals surface area (Å²) < 4.78 is 0.320. The summed E-state index contributed by atoms with van der Waals surface area (Å²) >= 11 is 2.26. The molecule has 1 aromatic heterocycles. The predicted molar refractivity (Wildman–Crippen MR) is 53.6 cm³/mol. The van der Waals surface area contributed by atoms with Crippen molar-refractivity contribution in [2.24, 2.45) is 0 Å². The Balaban J connectivity index is 3.09. The number of hydrogen-bond acceptors (Lipinski definition) is 3. The quantitative estimate of drug-likeness (QED) is 0.621. The van der Waals surface area contributed by atoms with Gasteiger partial charge >= 0.3 is 0 Å². The Bertz CT molecular complexity index is 260. The van der Waals surface area contributed by atoms with Crippen molar-refractivity contribution in [3.05, 3.63) is 17.6 Å². The lowest BCUT2D eigenvalue weighted by Gasteiger charge is -2.05. The number of nitrogens with two attached hydrogens (primary N) is 1. The van der Waals surface area contributed by atoms with Gasteiger partial charge in [0.05, 0.1) is 15.3 Å². The SMILES string of the molecule is Cc1cnc(C(C)I)c(N)n1. The fraction of sp³-hybridized carbons (Fsp3) is 0.429. The normalized spacial score (nSPS) is 13.0. The van der Waals surface area contributed by atoms with Crippen molar-refractivity contribution in [3.8, 4) is 0 Å². The molecule has 0 aromatic carbocycles. The summed E-state index contributed by atoms with van der Waals surface area (Å²) in [6, 6.07) is 0. The van der Waals surface area contributed by atoms with Gasteiger partial charge in [-0.15, -0.1) is 0 Å². The van der Waals surface area contributed by atoms with E-state index in [2.05, 4.69) is 32.6 Å². The minimum atomic E-state index is 0.320. The summed E-state index contributed by atoms with van der Waals surface area (Å²) in [4.78, 5) is 8.29. The van der Waals surface area contributed by atoms with E-state index in [0.29, 0.717) is 9.74 Å².